The zero-order valence-corrected chi connectivity index (χ0v) is 8.84. The Morgan fingerprint density at radius 2 is 2.19 bits per heavy atom. The number of nitrogens with zero attached hydrogens (tertiary/aromatic N) is 1. The molecule has 0 aromatic carbocycles. The first-order valence-corrected chi connectivity index (χ1v) is 4.83. The Morgan fingerprint density at radius 3 is 2.62 bits per heavy atom. The third-order valence-corrected chi connectivity index (χ3v) is 2.18. The van der Waals surface area contributed by atoms with E-state index in [0.29, 0.717) is 0 Å². The summed E-state index contributed by atoms with van der Waals surface area (Å²) in [6, 6.07) is 1.02. The van der Waals surface area contributed by atoms with Crippen LogP contribution in [0, 0.1) is 0 Å². The number of aliphatic carboxylic acids is 1. The molecule has 4 nitrogen and oxygen atoms in total. The number of pyridine rings is 1. The Morgan fingerprint density at radius 1 is 1.56 bits per heavy atom. The van der Waals surface area contributed by atoms with Crippen LogP contribution < -0.4 is 5.73 Å². The molecule has 16 heavy (non-hydrogen) atoms. The Hall–Kier alpha value is -1.43. The first kappa shape index (κ1) is 12.6. The highest BCUT2D eigenvalue weighted by Gasteiger charge is 2.17. The zero-order valence-electron chi connectivity index (χ0n) is 8.08. The highest BCUT2D eigenvalue weighted by molar-refractivity contribution is 6.17. The molecule has 0 fully saturated rings. The second kappa shape index (κ2) is 5.07. The van der Waals surface area contributed by atoms with E-state index in [1.165, 1.54) is 0 Å². The molecule has 1 aromatic rings. The monoisotopic (exact) mass is 250 g/mol. The molecule has 0 saturated heterocycles. The van der Waals surface area contributed by atoms with Crippen molar-refractivity contribution < 1.29 is 18.7 Å². The molecule has 0 amide bonds. The molecule has 3 N–H and O–H groups in total. The number of carboxylic acids is 1. The van der Waals surface area contributed by atoms with Crippen LogP contribution in [0.5, 0.6) is 0 Å². The molecule has 0 saturated carbocycles. The molecular formula is C9H9ClF2N2O2. The third-order valence-electron chi connectivity index (χ3n) is 1.93. The van der Waals surface area contributed by atoms with E-state index in [1.807, 2.05) is 0 Å². The molecule has 0 atom stereocenters. The van der Waals surface area contributed by atoms with Gasteiger partial charge in [0, 0.05) is 5.56 Å². The standard InChI is InChI=1S/C9H9ClF2N2O2/c10-3-7-4(9(11)12)1-5(13)6(14-7)2-8(15)16/h1,9H,2-3,13H2,(H,15,16). The van der Waals surface area contributed by atoms with Gasteiger partial charge in [-0.25, -0.2) is 8.78 Å². The number of halogens is 3. The molecule has 0 aliphatic carbocycles. The van der Waals surface area contributed by atoms with E-state index in [0.717, 1.165) is 6.07 Å². The fourth-order valence-corrected chi connectivity index (χ4v) is 1.42. The molecule has 0 radical (unpaired) electrons. The molecule has 88 valence electrons. The molecule has 1 aromatic heterocycles. The average Bonchev–Trinajstić information content (AvgIpc) is 2.19. The highest BCUT2D eigenvalue weighted by Crippen LogP contribution is 2.26. The molecule has 0 aliphatic rings. The van der Waals surface area contributed by atoms with Gasteiger partial charge in [-0.05, 0) is 6.07 Å². The number of alkyl halides is 3. The van der Waals surface area contributed by atoms with Crippen molar-refractivity contribution in [2.24, 2.45) is 0 Å². The highest BCUT2D eigenvalue weighted by atomic mass is 35.5. The molecule has 7 heteroatoms. The maximum absolute atomic E-state index is 12.5. The maximum Gasteiger partial charge on any atom is 0.309 e. The molecule has 0 spiro atoms. The van der Waals surface area contributed by atoms with Gasteiger partial charge in [-0.1, -0.05) is 0 Å². The van der Waals surface area contributed by atoms with E-state index in [2.05, 4.69) is 4.98 Å². The first-order valence-electron chi connectivity index (χ1n) is 4.29. The number of anilines is 1. The Kier molecular flexibility index (Phi) is 4.00. The molecule has 0 bridgehead atoms. The van der Waals surface area contributed by atoms with Gasteiger partial charge in [0.15, 0.2) is 0 Å². The van der Waals surface area contributed by atoms with E-state index in [-0.39, 0.29) is 28.5 Å². The van der Waals surface area contributed by atoms with Crippen molar-refractivity contribution in [3.05, 3.63) is 23.0 Å². The number of aromatic nitrogens is 1. The number of rotatable bonds is 4. The topological polar surface area (TPSA) is 76.2 Å². The van der Waals surface area contributed by atoms with Crippen molar-refractivity contribution >= 4 is 23.3 Å². The first-order chi connectivity index (χ1) is 7.45. The van der Waals surface area contributed by atoms with Gasteiger partial charge < -0.3 is 10.8 Å². The second-order valence-electron chi connectivity index (χ2n) is 3.07. The predicted octanol–water partition coefficient (Wildman–Crippen LogP) is 1.97. The summed E-state index contributed by atoms with van der Waals surface area (Å²) in [5, 5.41) is 8.56. The minimum atomic E-state index is -2.73. The van der Waals surface area contributed by atoms with Gasteiger partial charge >= 0.3 is 5.97 Å². The summed E-state index contributed by atoms with van der Waals surface area (Å²) in [6.45, 7) is 0. The van der Waals surface area contributed by atoms with Crippen molar-refractivity contribution in [3.63, 3.8) is 0 Å². The van der Waals surface area contributed by atoms with Gasteiger partial charge in [0.1, 0.15) is 0 Å². The van der Waals surface area contributed by atoms with Gasteiger partial charge in [0.2, 0.25) is 0 Å². The van der Waals surface area contributed by atoms with Crippen LogP contribution in [0.2, 0.25) is 0 Å². The van der Waals surface area contributed by atoms with Gasteiger partial charge in [-0.3, -0.25) is 9.78 Å². The normalized spacial score (nSPS) is 10.8. The molecule has 0 aliphatic heterocycles. The van der Waals surface area contributed by atoms with Crippen LogP contribution in [0.1, 0.15) is 23.4 Å². The number of nitrogens with two attached hydrogens (primary N) is 1. The number of carboxylic acid groups (broad SMARTS) is 1. The summed E-state index contributed by atoms with van der Waals surface area (Å²) < 4.78 is 25.0. The van der Waals surface area contributed by atoms with Crippen molar-refractivity contribution in [2.45, 2.75) is 18.7 Å². The Balaban J connectivity index is 3.20. The van der Waals surface area contributed by atoms with Gasteiger partial charge in [-0.15, -0.1) is 11.6 Å². The minimum absolute atomic E-state index is 0.0397. The SMILES string of the molecule is Nc1cc(C(F)F)c(CCl)nc1CC(=O)O. The van der Waals surface area contributed by atoms with Crippen LogP contribution in [0.4, 0.5) is 14.5 Å². The van der Waals surface area contributed by atoms with Crippen molar-refractivity contribution in [1.29, 1.82) is 0 Å². The largest absolute Gasteiger partial charge is 0.481 e. The molecular weight excluding hydrogens is 242 g/mol. The van der Waals surface area contributed by atoms with E-state index in [9.17, 15) is 13.6 Å². The number of nitrogen functional groups attached to an aromatic ring is 1. The van der Waals surface area contributed by atoms with Crippen molar-refractivity contribution in [3.8, 4) is 0 Å². The summed E-state index contributed by atoms with van der Waals surface area (Å²) in [5.74, 6) is -1.35. The lowest BCUT2D eigenvalue weighted by Gasteiger charge is -2.10. The number of carbonyl (C=O) groups is 1. The van der Waals surface area contributed by atoms with E-state index in [4.69, 9.17) is 22.4 Å². The van der Waals surface area contributed by atoms with Crippen LogP contribution in [0.25, 0.3) is 0 Å². The zero-order chi connectivity index (χ0) is 12.3. The average molecular weight is 251 g/mol. The summed E-state index contributed by atoms with van der Waals surface area (Å²) >= 11 is 5.45. The fraction of sp³-hybridized carbons (Fsp3) is 0.333. The van der Waals surface area contributed by atoms with Crippen LogP contribution >= 0.6 is 11.6 Å². The Labute approximate surface area is 95.0 Å². The van der Waals surface area contributed by atoms with Gasteiger partial charge in [0.05, 0.1) is 29.4 Å². The number of hydrogen-bond acceptors (Lipinski definition) is 3. The minimum Gasteiger partial charge on any atom is -0.481 e. The lowest BCUT2D eigenvalue weighted by Crippen LogP contribution is -2.09. The predicted molar refractivity (Wildman–Crippen MR) is 54.5 cm³/mol. The van der Waals surface area contributed by atoms with Crippen molar-refractivity contribution in [2.75, 3.05) is 5.73 Å². The van der Waals surface area contributed by atoms with Crippen LogP contribution in [0.15, 0.2) is 6.07 Å². The van der Waals surface area contributed by atoms with Crippen molar-refractivity contribution in [1.82, 2.24) is 4.98 Å². The summed E-state index contributed by atoms with van der Waals surface area (Å²) in [5.41, 5.74) is 5.01. The summed E-state index contributed by atoms with van der Waals surface area (Å²) in [6.07, 6.45) is -3.15. The number of hydrogen-bond donors (Lipinski definition) is 2. The smallest absolute Gasteiger partial charge is 0.309 e. The molecule has 1 heterocycles. The fourth-order valence-electron chi connectivity index (χ4n) is 1.21. The van der Waals surface area contributed by atoms with Gasteiger partial charge in [0.25, 0.3) is 6.43 Å². The summed E-state index contributed by atoms with van der Waals surface area (Å²) in [4.78, 5) is 14.2. The summed E-state index contributed by atoms with van der Waals surface area (Å²) in [7, 11) is 0. The molecule has 0 unspecified atom stereocenters. The van der Waals surface area contributed by atoms with Crippen LogP contribution in [-0.2, 0) is 17.1 Å². The van der Waals surface area contributed by atoms with E-state index >= 15 is 0 Å². The Bertz CT molecular complexity index is 413. The molecule has 1 rings (SSSR count). The van der Waals surface area contributed by atoms with E-state index < -0.39 is 18.8 Å². The van der Waals surface area contributed by atoms with E-state index in [1.54, 1.807) is 0 Å². The van der Waals surface area contributed by atoms with Gasteiger partial charge in [-0.2, -0.15) is 0 Å². The quantitative estimate of drug-likeness (QED) is 0.801. The third kappa shape index (κ3) is 2.79. The lowest BCUT2D eigenvalue weighted by molar-refractivity contribution is -0.136. The lowest BCUT2D eigenvalue weighted by atomic mass is 10.1. The van der Waals surface area contributed by atoms with Crippen LogP contribution in [-0.4, -0.2) is 16.1 Å². The second-order valence-corrected chi connectivity index (χ2v) is 3.33. The van der Waals surface area contributed by atoms with Crippen LogP contribution in [0.3, 0.4) is 0 Å². The maximum atomic E-state index is 12.5.